The van der Waals surface area contributed by atoms with Crippen LogP contribution < -0.4 is 11.3 Å². The Morgan fingerprint density at radius 2 is 2.00 bits per heavy atom. The molecule has 0 amide bonds. The summed E-state index contributed by atoms with van der Waals surface area (Å²) in [5, 5.41) is 15.5. The van der Waals surface area contributed by atoms with E-state index in [1.807, 2.05) is 0 Å². The van der Waals surface area contributed by atoms with Gasteiger partial charge in [-0.3, -0.25) is 4.79 Å². The Kier molecular flexibility index (Phi) is 4.24. The third kappa shape index (κ3) is 2.85. The number of rotatable bonds is 4. The SMILES string of the molecule is CCOC(=O)c1nn(-c2ccc(C(=O)O)cc2)c(=O)c2c(N)scc12. The number of carbonyl (C=O) groups excluding carboxylic acids is 1. The molecule has 3 N–H and O–H groups in total. The molecular formula is C16H13N3O5S. The minimum atomic E-state index is -1.09. The molecule has 3 aromatic rings. The van der Waals surface area contributed by atoms with Gasteiger partial charge in [-0.2, -0.15) is 9.78 Å². The van der Waals surface area contributed by atoms with Crippen LogP contribution in [0.25, 0.3) is 16.5 Å². The van der Waals surface area contributed by atoms with E-state index in [-0.39, 0.29) is 28.3 Å². The average Bonchev–Trinajstić information content (AvgIpc) is 2.98. The third-order valence-electron chi connectivity index (χ3n) is 3.51. The largest absolute Gasteiger partial charge is 0.478 e. The van der Waals surface area contributed by atoms with Crippen molar-refractivity contribution in [1.29, 1.82) is 0 Å². The van der Waals surface area contributed by atoms with Gasteiger partial charge in [0.25, 0.3) is 5.56 Å². The lowest BCUT2D eigenvalue weighted by Gasteiger charge is -2.09. The van der Waals surface area contributed by atoms with Crippen molar-refractivity contribution in [3.63, 3.8) is 0 Å². The van der Waals surface area contributed by atoms with E-state index in [9.17, 15) is 14.4 Å². The molecule has 9 heteroatoms. The van der Waals surface area contributed by atoms with Crippen LogP contribution in [0.5, 0.6) is 0 Å². The van der Waals surface area contributed by atoms with Crippen molar-refractivity contribution in [2.24, 2.45) is 0 Å². The molecule has 0 aliphatic heterocycles. The van der Waals surface area contributed by atoms with Gasteiger partial charge in [0, 0.05) is 10.8 Å². The van der Waals surface area contributed by atoms with Crippen LogP contribution in [0.15, 0.2) is 34.4 Å². The second-order valence-corrected chi connectivity index (χ2v) is 5.94. The van der Waals surface area contributed by atoms with Crippen LogP contribution in [-0.2, 0) is 4.74 Å². The number of nitrogens with two attached hydrogens (primary N) is 1. The highest BCUT2D eigenvalue weighted by molar-refractivity contribution is 7.15. The van der Waals surface area contributed by atoms with E-state index in [0.29, 0.717) is 11.1 Å². The molecule has 0 saturated heterocycles. The number of aromatic carboxylic acids is 1. The average molecular weight is 359 g/mol. The summed E-state index contributed by atoms with van der Waals surface area (Å²) < 4.78 is 6.01. The van der Waals surface area contributed by atoms with E-state index in [1.165, 1.54) is 24.3 Å². The van der Waals surface area contributed by atoms with Gasteiger partial charge in [0.15, 0.2) is 5.69 Å². The van der Waals surface area contributed by atoms with E-state index in [2.05, 4.69) is 5.10 Å². The highest BCUT2D eigenvalue weighted by Gasteiger charge is 2.21. The molecule has 0 saturated carbocycles. The van der Waals surface area contributed by atoms with E-state index in [0.717, 1.165) is 16.0 Å². The Morgan fingerprint density at radius 3 is 2.60 bits per heavy atom. The van der Waals surface area contributed by atoms with Gasteiger partial charge in [-0.25, -0.2) is 9.59 Å². The Hall–Kier alpha value is -3.20. The molecule has 0 aliphatic carbocycles. The number of hydrogen-bond acceptors (Lipinski definition) is 7. The number of fused-ring (bicyclic) bond motifs is 1. The zero-order chi connectivity index (χ0) is 18.1. The molecule has 3 rings (SSSR count). The van der Waals surface area contributed by atoms with Gasteiger partial charge in [-0.1, -0.05) is 0 Å². The summed E-state index contributed by atoms with van der Waals surface area (Å²) in [6.45, 7) is 1.83. The maximum Gasteiger partial charge on any atom is 0.359 e. The summed E-state index contributed by atoms with van der Waals surface area (Å²) in [5.74, 6) is -1.75. The van der Waals surface area contributed by atoms with Crippen molar-refractivity contribution in [2.75, 3.05) is 12.3 Å². The van der Waals surface area contributed by atoms with Crippen LogP contribution in [-0.4, -0.2) is 33.4 Å². The fourth-order valence-corrected chi connectivity index (χ4v) is 3.13. The number of nitrogen functional groups attached to an aromatic ring is 1. The molecule has 0 unspecified atom stereocenters. The fourth-order valence-electron chi connectivity index (χ4n) is 2.34. The highest BCUT2D eigenvalue weighted by Crippen LogP contribution is 2.27. The molecule has 0 aliphatic rings. The van der Waals surface area contributed by atoms with Gasteiger partial charge >= 0.3 is 11.9 Å². The number of carboxylic acid groups (broad SMARTS) is 1. The lowest BCUT2D eigenvalue weighted by Crippen LogP contribution is -2.25. The number of aromatic nitrogens is 2. The molecule has 128 valence electrons. The van der Waals surface area contributed by atoms with Crippen LogP contribution in [0.1, 0.15) is 27.8 Å². The summed E-state index contributed by atoms with van der Waals surface area (Å²) in [6, 6.07) is 5.55. The molecule has 1 aromatic carbocycles. The molecule has 0 spiro atoms. The van der Waals surface area contributed by atoms with Gasteiger partial charge < -0.3 is 15.6 Å². The molecule has 0 bridgehead atoms. The minimum absolute atomic E-state index is 0.0216. The van der Waals surface area contributed by atoms with E-state index in [4.69, 9.17) is 15.6 Å². The molecular weight excluding hydrogens is 346 g/mol. The number of ether oxygens (including phenoxy) is 1. The quantitative estimate of drug-likeness (QED) is 0.682. The van der Waals surface area contributed by atoms with Crippen LogP contribution in [0.3, 0.4) is 0 Å². The Balaban J connectivity index is 2.26. The maximum absolute atomic E-state index is 12.7. The first-order valence-electron chi connectivity index (χ1n) is 7.25. The summed E-state index contributed by atoms with van der Waals surface area (Å²) in [5.41, 5.74) is 5.74. The number of carbonyl (C=O) groups is 2. The van der Waals surface area contributed by atoms with Gasteiger partial charge in [0.2, 0.25) is 0 Å². The van der Waals surface area contributed by atoms with Crippen molar-refractivity contribution in [3.8, 4) is 5.69 Å². The monoisotopic (exact) mass is 359 g/mol. The highest BCUT2D eigenvalue weighted by atomic mass is 32.1. The van der Waals surface area contributed by atoms with Gasteiger partial charge in [-0.05, 0) is 31.2 Å². The maximum atomic E-state index is 12.7. The summed E-state index contributed by atoms with van der Waals surface area (Å²) in [7, 11) is 0. The molecule has 2 heterocycles. The summed E-state index contributed by atoms with van der Waals surface area (Å²) in [4.78, 5) is 35.9. The second-order valence-electron chi connectivity index (χ2n) is 5.03. The van der Waals surface area contributed by atoms with E-state index in [1.54, 1.807) is 12.3 Å². The molecule has 0 fully saturated rings. The number of esters is 1. The van der Waals surface area contributed by atoms with E-state index >= 15 is 0 Å². The minimum Gasteiger partial charge on any atom is -0.478 e. The van der Waals surface area contributed by atoms with Crippen LogP contribution >= 0.6 is 11.3 Å². The van der Waals surface area contributed by atoms with Crippen LogP contribution in [0, 0.1) is 0 Å². The van der Waals surface area contributed by atoms with E-state index < -0.39 is 17.5 Å². The van der Waals surface area contributed by atoms with Gasteiger partial charge in [0.1, 0.15) is 0 Å². The Morgan fingerprint density at radius 1 is 1.32 bits per heavy atom. The predicted octanol–water partition coefficient (Wildman–Crippen LogP) is 1.90. The Bertz CT molecular complexity index is 1040. The topological polar surface area (TPSA) is 125 Å². The fraction of sp³-hybridized carbons (Fsp3) is 0.125. The number of anilines is 1. The molecule has 25 heavy (non-hydrogen) atoms. The zero-order valence-corrected chi connectivity index (χ0v) is 13.9. The number of benzene rings is 1. The standard InChI is InChI=1S/C16H13N3O5S/c1-2-24-16(23)12-10-7-25-13(17)11(10)14(20)19(18-12)9-5-3-8(4-6-9)15(21)22/h3-7H,2,17H2,1H3,(H,21,22). The molecule has 0 radical (unpaired) electrons. The third-order valence-corrected chi connectivity index (χ3v) is 4.32. The smallest absolute Gasteiger partial charge is 0.359 e. The first-order chi connectivity index (χ1) is 11.9. The van der Waals surface area contributed by atoms with Crippen molar-refractivity contribution >= 4 is 39.0 Å². The lowest BCUT2D eigenvalue weighted by atomic mass is 10.2. The molecule has 8 nitrogen and oxygen atoms in total. The lowest BCUT2D eigenvalue weighted by molar-refractivity contribution is 0.0519. The number of hydrogen-bond donors (Lipinski definition) is 2. The predicted molar refractivity (Wildman–Crippen MR) is 92.5 cm³/mol. The summed E-state index contributed by atoms with van der Waals surface area (Å²) in [6.07, 6.45) is 0. The summed E-state index contributed by atoms with van der Waals surface area (Å²) >= 11 is 1.13. The first kappa shape index (κ1) is 16.7. The van der Waals surface area contributed by atoms with Crippen molar-refractivity contribution in [2.45, 2.75) is 6.92 Å². The molecule has 0 atom stereocenters. The second kappa shape index (κ2) is 6.36. The zero-order valence-electron chi connectivity index (χ0n) is 13.1. The first-order valence-corrected chi connectivity index (χ1v) is 8.12. The number of thiophene rings is 1. The van der Waals surface area contributed by atoms with Gasteiger partial charge in [0.05, 0.1) is 28.2 Å². The Labute approximate surface area is 145 Å². The van der Waals surface area contributed by atoms with Crippen molar-refractivity contribution < 1.29 is 19.4 Å². The number of nitrogens with zero attached hydrogens (tertiary/aromatic N) is 2. The van der Waals surface area contributed by atoms with Crippen molar-refractivity contribution in [3.05, 3.63) is 51.3 Å². The van der Waals surface area contributed by atoms with Crippen LogP contribution in [0.4, 0.5) is 5.00 Å². The van der Waals surface area contributed by atoms with Crippen molar-refractivity contribution in [1.82, 2.24) is 9.78 Å². The normalized spacial score (nSPS) is 10.8. The number of carboxylic acids is 1. The molecule has 2 aromatic heterocycles. The van der Waals surface area contributed by atoms with Crippen LogP contribution in [0.2, 0.25) is 0 Å². The van der Waals surface area contributed by atoms with Gasteiger partial charge in [-0.15, -0.1) is 11.3 Å².